The summed E-state index contributed by atoms with van der Waals surface area (Å²) in [5.74, 6) is 2.02. The molecule has 4 nitrogen and oxygen atoms in total. The molecule has 20 heavy (non-hydrogen) atoms. The molecule has 0 spiro atoms. The van der Waals surface area contributed by atoms with Crippen LogP contribution < -0.4 is 5.32 Å². The Kier molecular flexibility index (Phi) is 3.89. The number of nitrogens with one attached hydrogen (secondary N) is 1. The van der Waals surface area contributed by atoms with Gasteiger partial charge in [0.2, 0.25) is 0 Å². The molecular formula is C15H22N4S. The molecule has 108 valence electrons. The maximum Gasteiger partial charge on any atom is 0.191 e. The summed E-state index contributed by atoms with van der Waals surface area (Å²) in [6, 6.07) is 4.15. The third-order valence-corrected chi connectivity index (χ3v) is 5.05. The first kappa shape index (κ1) is 13.8. The van der Waals surface area contributed by atoms with E-state index >= 15 is 0 Å². The summed E-state index contributed by atoms with van der Waals surface area (Å²) in [6.45, 7) is 4.41. The lowest BCUT2D eigenvalue weighted by Crippen LogP contribution is -2.45. The van der Waals surface area contributed by atoms with Crippen molar-refractivity contribution in [2.75, 3.05) is 13.1 Å². The van der Waals surface area contributed by atoms with Gasteiger partial charge in [0.05, 0.1) is 4.88 Å². The second-order valence-corrected chi connectivity index (χ2v) is 6.62. The first-order valence-corrected chi connectivity index (χ1v) is 8.29. The minimum atomic E-state index is 0.157. The standard InChI is InChI=1S/C15H22N4S/c1-3-7-15(8-5-9-16-11-15)14-17-13(18-19(14)2)12-6-4-10-20-12/h4,6,10,16H,3,5,7-9,11H2,1-2H3. The lowest BCUT2D eigenvalue weighted by molar-refractivity contribution is 0.267. The molecule has 3 heterocycles. The van der Waals surface area contributed by atoms with Gasteiger partial charge in [-0.05, 0) is 37.3 Å². The lowest BCUT2D eigenvalue weighted by Gasteiger charge is -2.36. The molecule has 2 aromatic rings. The lowest BCUT2D eigenvalue weighted by atomic mass is 9.76. The number of hydrogen-bond acceptors (Lipinski definition) is 4. The molecule has 0 amide bonds. The summed E-state index contributed by atoms with van der Waals surface area (Å²) >= 11 is 1.70. The van der Waals surface area contributed by atoms with Crippen LogP contribution in [0, 0.1) is 0 Å². The topological polar surface area (TPSA) is 42.7 Å². The average molecular weight is 290 g/mol. The molecule has 1 aliphatic heterocycles. The second kappa shape index (κ2) is 5.66. The summed E-state index contributed by atoms with van der Waals surface area (Å²) < 4.78 is 2.00. The zero-order valence-electron chi connectivity index (χ0n) is 12.2. The number of thiophene rings is 1. The summed E-state index contributed by atoms with van der Waals surface area (Å²) in [5.41, 5.74) is 0.157. The van der Waals surface area contributed by atoms with Crippen molar-refractivity contribution in [3.63, 3.8) is 0 Å². The summed E-state index contributed by atoms with van der Waals surface area (Å²) in [7, 11) is 2.03. The number of aryl methyl sites for hydroxylation is 1. The van der Waals surface area contributed by atoms with Crippen LogP contribution in [0.3, 0.4) is 0 Å². The van der Waals surface area contributed by atoms with Crippen molar-refractivity contribution >= 4 is 11.3 Å². The van der Waals surface area contributed by atoms with E-state index in [9.17, 15) is 0 Å². The Morgan fingerprint density at radius 3 is 3.05 bits per heavy atom. The van der Waals surface area contributed by atoms with Gasteiger partial charge in [-0.15, -0.1) is 11.3 Å². The summed E-state index contributed by atoms with van der Waals surface area (Å²) in [5, 5.41) is 10.3. The van der Waals surface area contributed by atoms with E-state index in [0.29, 0.717) is 0 Å². The van der Waals surface area contributed by atoms with Crippen LogP contribution in [0.25, 0.3) is 10.7 Å². The normalized spacial score (nSPS) is 23.1. The van der Waals surface area contributed by atoms with Gasteiger partial charge < -0.3 is 5.32 Å². The molecule has 0 aromatic carbocycles. The molecule has 1 N–H and O–H groups in total. The number of rotatable bonds is 4. The van der Waals surface area contributed by atoms with Crippen LogP contribution in [0.5, 0.6) is 0 Å². The van der Waals surface area contributed by atoms with Gasteiger partial charge in [0.15, 0.2) is 5.82 Å². The molecular weight excluding hydrogens is 268 g/mol. The zero-order valence-corrected chi connectivity index (χ0v) is 13.0. The van der Waals surface area contributed by atoms with Gasteiger partial charge in [0.1, 0.15) is 5.82 Å². The van der Waals surface area contributed by atoms with Gasteiger partial charge in [-0.2, -0.15) is 5.10 Å². The monoisotopic (exact) mass is 290 g/mol. The van der Waals surface area contributed by atoms with E-state index in [1.54, 1.807) is 11.3 Å². The minimum absolute atomic E-state index is 0.157. The molecule has 3 rings (SSSR count). The van der Waals surface area contributed by atoms with Crippen LogP contribution in [-0.4, -0.2) is 27.9 Å². The fourth-order valence-electron chi connectivity index (χ4n) is 3.32. The molecule has 1 aliphatic rings. The fraction of sp³-hybridized carbons (Fsp3) is 0.600. The van der Waals surface area contributed by atoms with Crippen molar-refractivity contribution in [3.8, 4) is 10.7 Å². The second-order valence-electron chi connectivity index (χ2n) is 5.67. The van der Waals surface area contributed by atoms with Gasteiger partial charge in [-0.3, -0.25) is 4.68 Å². The molecule has 1 saturated heterocycles. The largest absolute Gasteiger partial charge is 0.316 e. The average Bonchev–Trinajstić information content (AvgIpc) is 3.09. The SMILES string of the molecule is CCCC1(c2nc(-c3cccs3)nn2C)CCCNC1. The van der Waals surface area contributed by atoms with Crippen molar-refractivity contribution in [2.24, 2.45) is 7.05 Å². The van der Waals surface area contributed by atoms with Crippen molar-refractivity contribution in [1.29, 1.82) is 0 Å². The molecule has 0 radical (unpaired) electrons. The molecule has 2 aromatic heterocycles. The first-order valence-electron chi connectivity index (χ1n) is 7.41. The number of nitrogens with zero attached hydrogens (tertiary/aromatic N) is 3. The predicted molar refractivity (Wildman–Crippen MR) is 83.0 cm³/mol. The van der Waals surface area contributed by atoms with Crippen LogP contribution in [0.2, 0.25) is 0 Å². The third kappa shape index (κ3) is 2.40. The van der Waals surface area contributed by atoms with Crippen molar-refractivity contribution < 1.29 is 0 Å². The maximum atomic E-state index is 4.89. The molecule has 5 heteroatoms. The Labute approximate surface area is 124 Å². The van der Waals surface area contributed by atoms with Gasteiger partial charge in [0, 0.05) is 19.0 Å². The van der Waals surface area contributed by atoms with Crippen LogP contribution in [-0.2, 0) is 12.5 Å². The van der Waals surface area contributed by atoms with Crippen LogP contribution >= 0.6 is 11.3 Å². The van der Waals surface area contributed by atoms with Crippen LogP contribution in [0.15, 0.2) is 17.5 Å². The van der Waals surface area contributed by atoms with Gasteiger partial charge in [0.25, 0.3) is 0 Å². The van der Waals surface area contributed by atoms with E-state index < -0.39 is 0 Å². The molecule has 1 atom stereocenters. The highest BCUT2D eigenvalue weighted by atomic mass is 32.1. The molecule has 0 saturated carbocycles. The molecule has 1 fully saturated rings. The van der Waals surface area contributed by atoms with E-state index in [1.165, 1.54) is 25.7 Å². The molecule has 0 bridgehead atoms. The molecule has 1 unspecified atom stereocenters. The van der Waals surface area contributed by atoms with E-state index in [4.69, 9.17) is 4.98 Å². The third-order valence-electron chi connectivity index (χ3n) is 4.18. The van der Waals surface area contributed by atoms with E-state index in [-0.39, 0.29) is 5.41 Å². The van der Waals surface area contributed by atoms with E-state index in [1.807, 2.05) is 11.7 Å². The van der Waals surface area contributed by atoms with Crippen molar-refractivity contribution in [1.82, 2.24) is 20.1 Å². The Morgan fingerprint density at radius 1 is 1.50 bits per heavy atom. The summed E-state index contributed by atoms with van der Waals surface area (Å²) in [4.78, 5) is 6.04. The predicted octanol–water partition coefficient (Wildman–Crippen LogP) is 2.96. The van der Waals surface area contributed by atoms with Gasteiger partial charge in [-0.25, -0.2) is 4.98 Å². The highest BCUT2D eigenvalue weighted by Crippen LogP contribution is 2.35. The van der Waals surface area contributed by atoms with Crippen molar-refractivity contribution in [2.45, 2.75) is 38.0 Å². The van der Waals surface area contributed by atoms with Crippen LogP contribution in [0.1, 0.15) is 38.4 Å². The fourth-order valence-corrected chi connectivity index (χ4v) is 3.97. The van der Waals surface area contributed by atoms with E-state index in [2.05, 4.69) is 34.9 Å². The van der Waals surface area contributed by atoms with Gasteiger partial charge in [-0.1, -0.05) is 19.4 Å². The minimum Gasteiger partial charge on any atom is -0.316 e. The maximum absolute atomic E-state index is 4.89. The Morgan fingerprint density at radius 2 is 2.40 bits per heavy atom. The summed E-state index contributed by atoms with van der Waals surface area (Å²) in [6.07, 6.45) is 4.80. The zero-order chi connectivity index (χ0) is 14.0. The van der Waals surface area contributed by atoms with E-state index in [0.717, 1.165) is 29.6 Å². The number of piperidine rings is 1. The van der Waals surface area contributed by atoms with Crippen LogP contribution in [0.4, 0.5) is 0 Å². The Balaban J connectivity index is 1.99. The Bertz CT molecular complexity index is 547. The first-order chi connectivity index (χ1) is 9.75. The quantitative estimate of drug-likeness (QED) is 0.941. The highest BCUT2D eigenvalue weighted by Gasteiger charge is 2.37. The number of hydrogen-bond donors (Lipinski definition) is 1. The van der Waals surface area contributed by atoms with Crippen molar-refractivity contribution in [3.05, 3.63) is 23.3 Å². The number of aromatic nitrogens is 3. The van der Waals surface area contributed by atoms with Gasteiger partial charge >= 0.3 is 0 Å². The smallest absolute Gasteiger partial charge is 0.191 e. The Hall–Kier alpha value is -1.20. The molecule has 0 aliphatic carbocycles. The highest BCUT2D eigenvalue weighted by molar-refractivity contribution is 7.13.